The molecule has 0 aromatic rings. The van der Waals surface area contributed by atoms with Crippen LogP contribution in [0.25, 0.3) is 0 Å². The Morgan fingerprint density at radius 3 is 2.05 bits per heavy atom. The van der Waals surface area contributed by atoms with Crippen molar-refractivity contribution in [2.75, 3.05) is 6.54 Å². The Morgan fingerprint density at radius 2 is 1.70 bits per heavy atom. The summed E-state index contributed by atoms with van der Waals surface area (Å²) in [6, 6.07) is -0.285. The summed E-state index contributed by atoms with van der Waals surface area (Å²) in [5.41, 5.74) is -0.948. The zero-order chi connectivity index (χ0) is 15.6. The third-order valence-corrected chi connectivity index (χ3v) is 3.78. The molecule has 0 aromatic heterocycles. The standard InChI is InChI=1S/C15H28N2O3/c1-13(2,3)9-14(4,5)17-12(20)16-10-15(11(18)19)7-6-8-15/h6-10H2,1-5H3,(H,18,19)(H2,16,17,20). The van der Waals surface area contributed by atoms with Crippen LogP contribution >= 0.6 is 0 Å². The van der Waals surface area contributed by atoms with Gasteiger partial charge in [-0.1, -0.05) is 27.2 Å². The van der Waals surface area contributed by atoms with Crippen molar-refractivity contribution < 1.29 is 14.7 Å². The highest BCUT2D eigenvalue weighted by atomic mass is 16.4. The minimum Gasteiger partial charge on any atom is -0.481 e. The van der Waals surface area contributed by atoms with Crippen molar-refractivity contribution >= 4 is 12.0 Å². The summed E-state index contributed by atoms with van der Waals surface area (Å²) in [6.07, 6.45) is 3.06. The Bertz CT molecular complexity index is 379. The summed E-state index contributed by atoms with van der Waals surface area (Å²) in [5, 5.41) is 14.9. The maximum absolute atomic E-state index is 11.9. The van der Waals surface area contributed by atoms with Gasteiger partial charge in [-0.05, 0) is 38.5 Å². The molecular weight excluding hydrogens is 256 g/mol. The van der Waals surface area contributed by atoms with E-state index in [0.29, 0.717) is 12.8 Å². The number of nitrogens with one attached hydrogen (secondary N) is 2. The second-order valence-corrected chi connectivity index (χ2v) is 7.87. The van der Waals surface area contributed by atoms with Gasteiger partial charge in [0.05, 0.1) is 5.41 Å². The van der Waals surface area contributed by atoms with E-state index in [1.165, 1.54) is 0 Å². The number of carboxylic acids is 1. The summed E-state index contributed by atoms with van der Waals surface area (Å²) in [6.45, 7) is 10.6. The molecule has 1 rings (SSSR count). The molecule has 1 aliphatic carbocycles. The minimum atomic E-state index is -0.807. The predicted octanol–water partition coefficient (Wildman–Crippen LogP) is 2.76. The second kappa shape index (κ2) is 5.62. The number of rotatable bonds is 5. The Labute approximate surface area is 121 Å². The van der Waals surface area contributed by atoms with E-state index in [2.05, 4.69) is 31.4 Å². The Balaban J connectivity index is 2.46. The molecule has 3 N–H and O–H groups in total. The van der Waals surface area contributed by atoms with E-state index in [0.717, 1.165) is 12.8 Å². The van der Waals surface area contributed by atoms with Gasteiger partial charge in [0.25, 0.3) is 0 Å². The molecular formula is C15H28N2O3. The zero-order valence-corrected chi connectivity index (χ0v) is 13.3. The third kappa shape index (κ3) is 4.69. The topological polar surface area (TPSA) is 78.4 Å². The lowest BCUT2D eigenvalue weighted by atomic mass is 9.69. The van der Waals surface area contributed by atoms with Gasteiger partial charge in [0.15, 0.2) is 0 Å². The highest BCUT2D eigenvalue weighted by molar-refractivity contribution is 5.79. The molecule has 0 atom stereocenters. The first-order chi connectivity index (χ1) is 8.96. The van der Waals surface area contributed by atoms with Gasteiger partial charge < -0.3 is 15.7 Å². The Hall–Kier alpha value is -1.26. The molecule has 1 saturated carbocycles. The van der Waals surface area contributed by atoms with Crippen LogP contribution in [0.4, 0.5) is 4.79 Å². The van der Waals surface area contributed by atoms with Crippen molar-refractivity contribution in [3.63, 3.8) is 0 Å². The summed E-state index contributed by atoms with van der Waals surface area (Å²) < 4.78 is 0. The molecule has 0 unspecified atom stereocenters. The van der Waals surface area contributed by atoms with Gasteiger partial charge in [0.2, 0.25) is 0 Å². The number of carboxylic acid groups (broad SMARTS) is 1. The van der Waals surface area contributed by atoms with Gasteiger partial charge in [0.1, 0.15) is 0 Å². The summed E-state index contributed by atoms with van der Waals surface area (Å²) >= 11 is 0. The monoisotopic (exact) mass is 284 g/mol. The molecule has 5 nitrogen and oxygen atoms in total. The van der Waals surface area contributed by atoms with Crippen LogP contribution in [0.15, 0.2) is 0 Å². The molecule has 1 fully saturated rings. The van der Waals surface area contributed by atoms with Crippen LogP contribution < -0.4 is 10.6 Å². The van der Waals surface area contributed by atoms with Gasteiger partial charge in [-0.3, -0.25) is 4.79 Å². The first-order valence-corrected chi connectivity index (χ1v) is 7.25. The van der Waals surface area contributed by atoms with Gasteiger partial charge >= 0.3 is 12.0 Å². The average molecular weight is 284 g/mol. The van der Waals surface area contributed by atoms with Crippen molar-refractivity contribution in [3.8, 4) is 0 Å². The van der Waals surface area contributed by atoms with Gasteiger partial charge in [-0.25, -0.2) is 4.79 Å². The fourth-order valence-corrected chi connectivity index (χ4v) is 3.04. The molecule has 0 radical (unpaired) electrons. The Morgan fingerprint density at radius 1 is 1.15 bits per heavy atom. The van der Waals surface area contributed by atoms with E-state index in [1.807, 2.05) is 13.8 Å². The maximum Gasteiger partial charge on any atom is 0.315 e. The molecule has 0 aromatic carbocycles. The lowest BCUT2D eigenvalue weighted by Crippen LogP contribution is -2.54. The van der Waals surface area contributed by atoms with Crippen LogP contribution in [0, 0.1) is 10.8 Å². The number of amides is 2. The van der Waals surface area contributed by atoms with Crippen molar-refractivity contribution in [2.45, 2.75) is 65.8 Å². The molecule has 2 amide bonds. The second-order valence-electron chi connectivity index (χ2n) is 7.87. The zero-order valence-electron chi connectivity index (χ0n) is 13.3. The maximum atomic E-state index is 11.9. The fraction of sp³-hybridized carbons (Fsp3) is 0.867. The number of carbonyl (C=O) groups excluding carboxylic acids is 1. The van der Waals surface area contributed by atoms with Crippen LogP contribution in [0.3, 0.4) is 0 Å². The third-order valence-electron chi connectivity index (χ3n) is 3.78. The first kappa shape index (κ1) is 16.8. The van der Waals surface area contributed by atoms with Crippen molar-refractivity contribution in [2.24, 2.45) is 10.8 Å². The smallest absolute Gasteiger partial charge is 0.315 e. The van der Waals surface area contributed by atoms with Crippen LogP contribution in [0.2, 0.25) is 0 Å². The largest absolute Gasteiger partial charge is 0.481 e. The lowest BCUT2D eigenvalue weighted by molar-refractivity contribution is -0.153. The molecule has 116 valence electrons. The van der Waals surface area contributed by atoms with E-state index >= 15 is 0 Å². The van der Waals surface area contributed by atoms with E-state index in [4.69, 9.17) is 0 Å². The van der Waals surface area contributed by atoms with E-state index in [9.17, 15) is 14.7 Å². The van der Waals surface area contributed by atoms with Gasteiger partial charge in [-0.15, -0.1) is 0 Å². The van der Waals surface area contributed by atoms with Gasteiger partial charge in [0, 0.05) is 12.1 Å². The van der Waals surface area contributed by atoms with Crippen LogP contribution in [0.5, 0.6) is 0 Å². The normalized spacial score (nSPS) is 18.1. The number of hydrogen-bond acceptors (Lipinski definition) is 2. The van der Waals surface area contributed by atoms with Crippen molar-refractivity contribution in [1.82, 2.24) is 10.6 Å². The molecule has 0 heterocycles. The molecule has 0 bridgehead atoms. The SMILES string of the molecule is CC(C)(C)CC(C)(C)NC(=O)NCC1(C(=O)O)CCC1. The van der Waals surface area contributed by atoms with Crippen LogP contribution in [-0.2, 0) is 4.79 Å². The molecule has 0 aliphatic heterocycles. The fourth-order valence-electron chi connectivity index (χ4n) is 3.04. The molecule has 5 heteroatoms. The van der Waals surface area contributed by atoms with E-state index in [1.54, 1.807) is 0 Å². The minimum absolute atomic E-state index is 0.118. The van der Waals surface area contributed by atoms with Gasteiger partial charge in [-0.2, -0.15) is 0 Å². The summed E-state index contributed by atoms with van der Waals surface area (Å²) in [7, 11) is 0. The van der Waals surface area contributed by atoms with E-state index < -0.39 is 11.4 Å². The molecule has 20 heavy (non-hydrogen) atoms. The van der Waals surface area contributed by atoms with Crippen molar-refractivity contribution in [1.29, 1.82) is 0 Å². The molecule has 0 saturated heterocycles. The summed E-state index contributed by atoms with van der Waals surface area (Å²) in [4.78, 5) is 23.2. The summed E-state index contributed by atoms with van der Waals surface area (Å²) in [5.74, 6) is -0.807. The first-order valence-electron chi connectivity index (χ1n) is 7.25. The number of hydrogen-bond donors (Lipinski definition) is 3. The highest BCUT2D eigenvalue weighted by Gasteiger charge is 2.44. The quantitative estimate of drug-likeness (QED) is 0.726. The lowest BCUT2D eigenvalue weighted by Gasteiger charge is -2.38. The molecule has 1 aliphatic rings. The number of carbonyl (C=O) groups is 2. The average Bonchev–Trinajstić information content (AvgIpc) is 2.09. The number of aliphatic carboxylic acids is 1. The van der Waals surface area contributed by atoms with Crippen molar-refractivity contribution in [3.05, 3.63) is 0 Å². The highest BCUT2D eigenvalue weighted by Crippen LogP contribution is 2.40. The van der Waals surface area contributed by atoms with Crippen LogP contribution in [-0.4, -0.2) is 29.2 Å². The van der Waals surface area contributed by atoms with Crippen LogP contribution in [0.1, 0.15) is 60.3 Å². The Kier molecular flexibility index (Phi) is 4.72. The van der Waals surface area contributed by atoms with E-state index in [-0.39, 0.29) is 23.5 Å². The molecule has 0 spiro atoms. The number of urea groups is 1. The predicted molar refractivity (Wildman–Crippen MR) is 78.6 cm³/mol.